The average molecular weight is 649 g/mol. The monoisotopic (exact) mass is 647 g/mol. The molecular formula is C27H34BrN7O5S. The molecular weight excluding hydrogens is 614 g/mol. The second-order valence-corrected chi connectivity index (χ2v) is 13.3. The number of likely N-dealkylation sites (tertiary alicyclic amines) is 2. The summed E-state index contributed by atoms with van der Waals surface area (Å²) < 4.78 is 8.00. The van der Waals surface area contributed by atoms with Crippen LogP contribution in [0.1, 0.15) is 46.5 Å². The summed E-state index contributed by atoms with van der Waals surface area (Å²) in [6, 6.07) is 2.43. The topological polar surface area (TPSA) is 160 Å². The van der Waals surface area contributed by atoms with Gasteiger partial charge in [-0.25, -0.2) is 19.7 Å². The summed E-state index contributed by atoms with van der Waals surface area (Å²) in [6.07, 6.45) is 4.55. The minimum absolute atomic E-state index is 0.00468. The van der Waals surface area contributed by atoms with Gasteiger partial charge in [0.05, 0.1) is 6.33 Å². The number of carbonyl (C=O) groups is 2. The number of hydrogen-bond donors (Lipinski definition) is 3. The number of phenolic OH excluding ortho intramolecular Hbond substituents is 2. The molecule has 41 heavy (non-hydrogen) atoms. The molecule has 1 aromatic rings. The third-order valence-electron chi connectivity index (χ3n) is 7.34. The van der Waals surface area contributed by atoms with Gasteiger partial charge in [-0.15, -0.1) is 0 Å². The molecule has 4 aliphatic heterocycles. The van der Waals surface area contributed by atoms with Crippen LogP contribution in [0.5, 0.6) is 11.5 Å². The first-order valence-corrected chi connectivity index (χ1v) is 15.2. The van der Waals surface area contributed by atoms with Crippen LogP contribution >= 0.6 is 27.7 Å². The molecule has 0 aromatic heterocycles. The summed E-state index contributed by atoms with van der Waals surface area (Å²) in [5.41, 5.74) is 6.01. The Kier molecular flexibility index (Phi) is 8.24. The van der Waals surface area contributed by atoms with Crippen LogP contribution in [-0.4, -0.2) is 82.8 Å². The maximum absolute atomic E-state index is 13.1. The van der Waals surface area contributed by atoms with E-state index in [1.54, 1.807) is 6.33 Å². The molecule has 0 unspecified atom stereocenters. The van der Waals surface area contributed by atoms with E-state index in [9.17, 15) is 19.8 Å². The number of hydrogen-bond acceptors (Lipinski definition) is 10. The summed E-state index contributed by atoms with van der Waals surface area (Å²) in [7, 11) is 0. The minimum atomic E-state index is -0.593. The Balaban J connectivity index is 1.17. The molecule has 12 nitrogen and oxygen atoms in total. The van der Waals surface area contributed by atoms with E-state index < -0.39 is 17.7 Å². The summed E-state index contributed by atoms with van der Waals surface area (Å²) >= 11 is 4.63. The zero-order valence-corrected chi connectivity index (χ0v) is 25.6. The lowest BCUT2D eigenvalue weighted by molar-refractivity contribution is -0.142. The van der Waals surface area contributed by atoms with E-state index in [2.05, 4.69) is 30.9 Å². The van der Waals surface area contributed by atoms with Gasteiger partial charge in [-0.3, -0.25) is 9.69 Å². The standard InChI is InChI=1S/C27H34BrN7O5S/c1-27(2,3)40-26(39)35-11-7-17(35)24(38)33-8-4-15(5-9-33)6-10-34-14-30-22(29)21-23(34)32-25(31-21)41-20-13-19(37)18(36)12-16(20)28/h12-15,17,36-37H,4-11,29H2,1-3H3/t17-/m0/s1. The molecule has 14 heteroatoms. The lowest BCUT2D eigenvalue weighted by Crippen LogP contribution is -2.60. The number of rotatable bonds is 6. The Bertz CT molecular complexity index is 1420. The predicted octanol–water partition coefficient (Wildman–Crippen LogP) is 4.32. The van der Waals surface area contributed by atoms with Crippen molar-refractivity contribution in [3.63, 3.8) is 0 Å². The number of aromatic hydroxyl groups is 2. The quantitative estimate of drug-likeness (QED) is 0.329. The van der Waals surface area contributed by atoms with Crippen molar-refractivity contribution < 1.29 is 24.5 Å². The molecule has 0 radical (unpaired) electrons. The van der Waals surface area contributed by atoms with E-state index in [1.165, 1.54) is 28.8 Å². The normalized spacial score (nSPS) is 18.0. The van der Waals surface area contributed by atoms with E-state index in [1.807, 2.05) is 30.2 Å². The number of amides is 2. The van der Waals surface area contributed by atoms with Gasteiger partial charge in [0.2, 0.25) is 5.91 Å². The van der Waals surface area contributed by atoms with Crippen LogP contribution in [0.15, 0.2) is 33.0 Å². The fraction of sp³-hybridized carbons (Fsp3) is 0.519. The molecule has 2 fully saturated rings. The first-order valence-electron chi connectivity index (χ1n) is 13.6. The highest BCUT2D eigenvalue weighted by Gasteiger charge is 2.42. The van der Waals surface area contributed by atoms with Gasteiger partial charge in [0.15, 0.2) is 34.0 Å². The molecule has 4 aliphatic rings. The number of phenols is 2. The number of anilines is 1. The molecule has 5 rings (SSSR count). The number of nitrogens with two attached hydrogens (primary N) is 1. The molecule has 0 saturated carbocycles. The van der Waals surface area contributed by atoms with Crippen LogP contribution in [0.2, 0.25) is 0 Å². The van der Waals surface area contributed by atoms with Gasteiger partial charge in [0.25, 0.3) is 0 Å². The van der Waals surface area contributed by atoms with Crippen LogP contribution in [0.3, 0.4) is 0 Å². The largest absolute Gasteiger partial charge is 0.504 e. The summed E-state index contributed by atoms with van der Waals surface area (Å²) in [5.74, 6) is 0.886. The molecule has 2 saturated heterocycles. The van der Waals surface area contributed by atoms with Crippen molar-refractivity contribution in [3.05, 3.63) is 22.9 Å². The molecule has 4 heterocycles. The third-order valence-corrected chi connectivity index (χ3v) is 9.18. The number of ether oxygens (including phenoxy) is 1. The second-order valence-electron chi connectivity index (χ2n) is 11.4. The van der Waals surface area contributed by atoms with Gasteiger partial charge in [-0.2, -0.15) is 0 Å². The summed E-state index contributed by atoms with van der Waals surface area (Å²) in [5, 5.41) is 20.0. The van der Waals surface area contributed by atoms with Gasteiger partial charge < -0.3 is 30.2 Å². The lowest BCUT2D eigenvalue weighted by atomic mass is 9.92. The minimum Gasteiger partial charge on any atom is -0.504 e. The van der Waals surface area contributed by atoms with Crippen molar-refractivity contribution in [1.29, 1.82) is 0 Å². The molecule has 0 bridgehead atoms. The molecule has 0 spiro atoms. The van der Waals surface area contributed by atoms with Crippen LogP contribution in [0.4, 0.5) is 10.6 Å². The zero-order chi connectivity index (χ0) is 29.5. The molecule has 1 atom stereocenters. The van der Waals surface area contributed by atoms with E-state index in [0.29, 0.717) is 64.6 Å². The fourth-order valence-corrected chi connectivity index (χ4v) is 6.38. The number of carbonyl (C=O) groups excluding carboxylic acids is 2. The molecule has 220 valence electrons. The number of aromatic nitrogens is 4. The number of fused-ring (bicyclic) bond motifs is 1. The Hall–Kier alpha value is -3.26. The molecule has 2 amide bonds. The van der Waals surface area contributed by atoms with Gasteiger partial charge in [0.1, 0.15) is 11.6 Å². The Morgan fingerprint density at radius 2 is 1.83 bits per heavy atom. The van der Waals surface area contributed by atoms with E-state index in [0.717, 1.165) is 19.3 Å². The summed E-state index contributed by atoms with van der Waals surface area (Å²) in [6.45, 7) is 8.00. The maximum atomic E-state index is 13.1. The van der Waals surface area contributed by atoms with Crippen LogP contribution in [0, 0.1) is 5.92 Å². The van der Waals surface area contributed by atoms with Crippen LogP contribution in [0.25, 0.3) is 11.5 Å². The molecule has 1 aromatic carbocycles. The number of halogens is 1. The SMILES string of the molecule is CC(C)(C)OC(=O)N1CC[C@H]1C(=O)N1CCC(CCn2cnc(N)c3nc(Sc4cc(O)c(O)cc4Br)nc2-3)CC1. The third kappa shape index (κ3) is 6.48. The highest BCUT2D eigenvalue weighted by atomic mass is 79.9. The van der Waals surface area contributed by atoms with Crippen molar-refractivity contribution >= 4 is 45.5 Å². The number of imidazole rings is 1. The number of piperidine rings is 1. The fourth-order valence-electron chi connectivity index (χ4n) is 5.01. The van der Waals surface area contributed by atoms with Crippen molar-refractivity contribution in [3.8, 4) is 23.0 Å². The number of aryl methyl sites for hydroxylation is 1. The molecule has 4 N–H and O–H groups in total. The average Bonchev–Trinajstić information content (AvgIpc) is 3.30. The molecule has 0 aliphatic carbocycles. The maximum Gasteiger partial charge on any atom is 0.410 e. The highest BCUT2D eigenvalue weighted by molar-refractivity contribution is 9.10. The van der Waals surface area contributed by atoms with Crippen LogP contribution < -0.4 is 5.73 Å². The van der Waals surface area contributed by atoms with Gasteiger partial charge in [-0.1, -0.05) is 0 Å². The number of nitrogen functional groups attached to an aromatic ring is 1. The van der Waals surface area contributed by atoms with Crippen molar-refractivity contribution in [2.45, 2.75) is 74.7 Å². The summed E-state index contributed by atoms with van der Waals surface area (Å²) in [4.78, 5) is 43.1. The Morgan fingerprint density at radius 1 is 1.12 bits per heavy atom. The Morgan fingerprint density at radius 3 is 2.49 bits per heavy atom. The van der Waals surface area contributed by atoms with Crippen molar-refractivity contribution in [2.75, 3.05) is 25.4 Å². The van der Waals surface area contributed by atoms with Gasteiger partial charge in [0, 0.05) is 35.5 Å². The lowest BCUT2D eigenvalue weighted by Gasteiger charge is -2.43. The smallest absolute Gasteiger partial charge is 0.410 e. The van der Waals surface area contributed by atoms with Gasteiger partial charge in [-0.05, 0) is 92.2 Å². The number of benzene rings is 1. The van der Waals surface area contributed by atoms with E-state index in [-0.39, 0.29) is 23.2 Å². The Labute approximate surface area is 250 Å². The van der Waals surface area contributed by atoms with E-state index >= 15 is 0 Å². The first kappa shape index (κ1) is 29.2. The first-order chi connectivity index (χ1) is 19.4. The van der Waals surface area contributed by atoms with Crippen molar-refractivity contribution in [1.82, 2.24) is 29.3 Å². The van der Waals surface area contributed by atoms with Crippen LogP contribution in [-0.2, 0) is 16.1 Å². The van der Waals surface area contributed by atoms with Crippen molar-refractivity contribution in [2.24, 2.45) is 5.92 Å². The highest BCUT2D eigenvalue weighted by Crippen LogP contribution is 2.40. The second kappa shape index (κ2) is 11.6. The zero-order valence-electron chi connectivity index (χ0n) is 23.2. The number of nitrogens with zero attached hydrogens (tertiary/aromatic N) is 6. The predicted molar refractivity (Wildman–Crippen MR) is 156 cm³/mol. The van der Waals surface area contributed by atoms with E-state index in [4.69, 9.17) is 10.5 Å². The van der Waals surface area contributed by atoms with Gasteiger partial charge >= 0.3 is 6.09 Å².